The van der Waals surface area contributed by atoms with Crippen LogP contribution in [-0.4, -0.2) is 37.4 Å². The highest BCUT2D eigenvalue weighted by molar-refractivity contribution is 5.85. The first-order chi connectivity index (χ1) is 16.5. The van der Waals surface area contributed by atoms with E-state index in [1.165, 1.54) is 12.8 Å². The summed E-state index contributed by atoms with van der Waals surface area (Å²) in [4.78, 5) is 23.2. The highest BCUT2D eigenvalue weighted by atomic mass is 16.6. The van der Waals surface area contributed by atoms with E-state index in [1.807, 2.05) is 38.2 Å². The van der Waals surface area contributed by atoms with Crippen molar-refractivity contribution in [3.05, 3.63) is 71.3 Å². The standard InChI is InChI=1S/C28H34O6/c1-19-15-27(29)33-25-17-21(9-11-23(19)25)31-13-7-5-3-4-6-8-14-32-22-10-12-24-20(2)16-28(30)34-26(24)18-22/h9-12,15-18,23-26H,3-8,13-14H2,1-2H3/t23-,24-,25+,26+/m0/s1. The van der Waals surface area contributed by atoms with Crippen LogP contribution in [0, 0.1) is 11.8 Å². The first-order valence-electron chi connectivity index (χ1n) is 12.3. The zero-order valence-corrected chi connectivity index (χ0v) is 20.0. The van der Waals surface area contributed by atoms with Gasteiger partial charge in [0.05, 0.1) is 13.2 Å². The van der Waals surface area contributed by atoms with E-state index in [4.69, 9.17) is 18.9 Å². The largest absolute Gasteiger partial charge is 0.494 e. The SMILES string of the molecule is CC1=CC(=O)O[C@@H]2C=C(OCCCCCCCCOC3=C[C@H]4OC(=O)C=C(C)[C@@H]4C=C3)C=C[C@@H]12. The minimum Gasteiger partial charge on any atom is -0.494 e. The lowest BCUT2D eigenvalue weighted by Crippen LogP contribution is -2.31. The molecule has 34 heavy (non-hydrogen) atoms. The normalized spacial score (nSPS) is 27.4. The third-order valence-electron chi connectivity index (χ3n) is 6.62. The number of hydrogen-bond donors (Lipinski definition) is 0. The van der Waals surface area contributed by atoms with Gasteiger partial charge in [0.1, 0.15) is 23.7 Å². The quantitative estimate of drug-likeness (QED) is 0.306. The molecular weight excluding hydrogens is 432 g/mol. The number of esters is 2. The number of unbranched alkanes of at least 4 members (excludes halogenated alkanes) is 5. The molecule has 182 valence electrons. The number of allylic oxidation sites excluding steroid dienone is 2. The Morgan fingerprint density at radius 2 is 1.09 bits per heavy atom. The van der Waals surface area contributed by atoms with E-state index in [-0.39, 0.29) is 36.0 Å². The van der Waals surface area contributed by atoms with Gasteiger partial charge in [-0.05, 0) is 51.0 Å². The zero-order valence-electron chi connectivity index (χ0n) is 20.0. The zero-order chi connectivity index (χ0) is 23.9. The molecule has 0 saturated heterocycles. The first-order valence-corrected chi connectivity index (χ1v) is 12.3. The molecule has 0 bridgehead atoms. The summed E-state index contributed by atoms with van der Waals surface area (Å²) in [5, 5.41) is 0. The molecule has 0 saturated carbocycles. The minimum atomic E-state index is -0.280. The Labute approximate surface area is 201 Å². The molecule has 2 aliphatic heterocycles. The van der Waals surface area contributed by atoms with Gasteiger partial charge in [-0.25, -0.2) is 9.59 Å². The van der Waals surface area contributed by atoms with Crippen LogP contribution < -0.4 is 0 Å². The van der Waals surface area contributed by atoms with Gasteiger partial charge in [-0.3, -0.25) is 0 Å². The molecular formula is C28H34O6. The van der Waals surface area contributed by atoms with Gasteiger partial charge in [-0.15, -0.1) is 0 Å². The number of hydrogen-bond acceptors (Lipinski definition) is 6. The fraction of sp³-hybridized carbons (Fsp3) is 0.500. The second-order valence-electron chi connectivity index (χ2n) is 9.31. The molecule has 6 heteroatoms. The van der Waals surface area contributed by atoms with Crippen LogP contribution in [0.1, 0.15) is 52.4 Å². The van der Waals surface area contributed by atoms with Crippen molar-refractivity contribution >= 4 is 11.9 Å². The van der Waals surface area contributed by atoms with Crippen LogP contribution in [0.5, 0.6) is 0 Å². The summed E-state index contributed by atoms with van der Waals surface area (Å²) in [5.41, 5.74) is 2.06. The van der Waals surface area contributed by atoms with E-state index < -0.39 is 0 Å². The Balaban J connectivity index is 1.03. The lowest BCUT2D eigenvalue weighted by molar-refractivity contribution is -0.144. The molecule has 2 aliphatic carbocycles. The van der Waals surface area contributed by atoms with Crippen LogP contribution in [0.25, 0.3) is 0 Å². The Kier molecular flexibility index (Phi) is 8.09. The Hall–Kier alpha value is -3.02. The summed E-state index contributed by atoms with van der Waals surface area (Å²) in [5.74, 6) is 1.26. The van der Waals surface area contributed by atoms with Gasteiger partial charge in [0.25, 0.3) is 0 Å². The molecule has 4 aliphatic rings. The molecule has 6 nitrogen and oxygen atoms in total. The fourth-order valence-corrected chi connectivity index (χ4v) is 4.68. The third-order valence-corrected chi connectivity index (χ3v) is 6.62. The monoisotopic (exact) mass is 466 g/mol. The van der Waals surface area contributed by atoms with Crippen molar-refractivity contribution in [2.24, 2.45) is 11.8 Å². The maximum atomic E-state index is 11.6. The van der Waals surface area contributed by atoms with Crippen molar-refractivity contribution in [1.82, 2.24) is 0 Å². The second kappa shape index (κ2) is 11.4. The van der Waals surface area contributed by atoms with E-state index in [2.05, 4.69) is 12.2 Å². The molecule has 0 fully saturated rings. The van der Waals surface area contributed by atoms with E-state index in [1.54, 1.807) is 12.2 Å². The summed E-state index contributed by atoms with van der Waals surface area (Å²) in [7, 11) is 0. The molecule has 0 N–H and O–H groups in total. The molecule has 0 amide bonds. The fourth-order valence-electron chi connectivity index (χ4n) is 4.68. The molecule has 0 aromatic rings. The summed E-state index contributed by atoms with van der Waals surface area (Å²) >= 11 is 0. The van der Waals surface area contributed by atoms with Crippen LogP contribution in [0.3, 0.4) is 0 Å². The van der Waals surface area contributed by atoms with Gasteiger partial charge in [-0.2, -0.15) is 0 Å². The minimum absolute atomic E-state index is 0.127. The lowest BCUT2D eigenvalue weighted by Gasteiger charge is -2.29. The third kappa shape index (κ3) is 6.31. The van der Waals surface area contributed by atoms with E-state index in [0.29, 0.717) is 13.2 Å². The Morgan fingerprint density at radius 3 is 1.53 bits per heavy atom. The maximum absolute atomic E-state index is 11.6. The van der Waals surface area contributed by atoms with Crippen molar-refractivity contribution in [2.45, 2.75) is 64.6 Å². The van der Waals surface area contributed by atoms with Crippen LogP contribution in [0.2, 0.25) is 0 Å². The summed E-state index contributed by atoms with van der Waals surface area (Å²) in [6, 6.07) is 0. The number of ether oxygens (including phenoxy) is 4. The van der Waals surface area contributed by atoms with Gasteiger partial charge in [0.2, 0.25) is 0 Å². The second-order valence-corrected chi connectivity index (χ2v) is 9.31. The maximum Gasteiger partial charge on any atom is 0.331 e. The van der Waals surface area contributed by atoms with Crippen molar-refractivity contribution in [3.63, 3.8) is 0 Å². The van der Waals surface area contributed by atoms with Gasteiger partial charge in [0, 0.05) is 24.0 Å². The lowest BCUT2D eigenvalue weighted by atomic mass is 9.88. The smallest absolute Gasteiger partial charge is 0.331 e. The number of carbonyl (C=O) groups excluding carboxylic acids is 2. The first kappa shape index (κ1) is 24.1. The predicted octanol–water partition coefficient (Wildman–Crippen LogP) is 5.24. The summed E-state index contributed by atoms with van der Waals surface area (Å²) in [6.45, 7) is 5.25. The number of carbonyl (C=O) groups is 2. The van der Waals surface area contributed by atoms with Crippen molar-refractivity contribution in [2.75, 3.05) is 13.2 Å². The van der Waals surface area contributed by atoms with Crippen molar-refractivity contribution in [3.8, 4) is 0 Å². The van der Waals surface area contributed by atoms with Crippen molar-refractivity contribution < 1.29 is 28.5 Å². The molecule has 0 radical (unpaired) electrons. The van der Waals surface area contributed by atoms with E-state index in [0.717, 1.165) is 48.3 Å². The molecule has 0 aromatic heterocycles. The molecule has 4 atom stereocenters. The van der Waals surface area contributed by atoms with E-state index >= 15 is 0 Å². The number of rotatable bonds is 11. The molecule has 0 unspecified atom stereocenters. The topological polar surface area (TPSA) is 71.1 Å². The average molecular weight is 467 g/mol. The van der Waals surface area contributed by atoms with Crippen LogP contribution in [0.4, 0.5) is 0 Å². The van der Waals surface area contributed by atoms with Crippen LogP contribution >= 0.6 is 0 Å². The summed E-state index contributed by atoms with van der Waals surface area (Å²) < 4.78 is 22.5. The van der Waals surface area contributed by atoms with Crippen molar-refractivity contribution in [1.29, 1.82) is 0 Å². The predicted molar refractivity (Wildman–Crippen MR) is 128 cm³/mol. The van der Waals surface area contributed by atoms with Crippen LogP contribution in [-0.2, 0) is 28.5 Å². The van der Waals surface area contributed by atoms with Gasteiger partial charge in [-0.1, -0.05) is 49.0 Å². The van der Waals surface area contributed by atoms with Gasteiger partial charge >= 0.3 is 11.9 Å². The molecule has 0 spiro atoms. The summed E-state index contributed by atoms with van der Waals surface area (Å²) in [6.07, 6.45) is 21.1. The van der Waals surface area contributed by atoms with Crippen LogP contribution in [0.15, 0.2) is 71.3 Å². The molecule has 2 heterocycles. The molecule has 4 rings (SSSR count). The highest BCUT2D eigenvalue weighted by Gasteiger charge is 2.31. The van der Waals surface area contributed by atoms with E-state index in [9.17, 15) is 9.59 Å². The number of fused-ring (bicyclic) bond motifs is 2. The highest BCUT2D eigenvalue weighted by Crippen LogP contribution is 2.31. The van der Waals surface area contributed by atoms with Gasteiger partial charge in [0.15, 0.2) is 0 Å². The average Bonchev–Trinajstić information content (AvgIpc) is 2.79. The molecule has 0 aromatic carbocycles. The Morgan fingerprint density at radius 1 is 0.676 bits per heavy atom. The van der Waals surface area contributed by atoms with Gasteiger partial charge < -0.3 is 18.9 Å². The Bertz CT molecular complexity index is 885.